The van der Waals surface area contributed by atoms with E-state index in [0.29, 0.717) is 0 Å². The summed E-state index contributed by atoms with van der Waals surface area (Å²) < 4.78 is 5.16. The molecule has 4 heteroatoms. The van der Waals surface area contributed by atoms with Gasteiger partial charge in [-0.25, -0.2) is 4.79 Å². The largest absolute Gasteiger partial charge is 0.464 e. The van der Waals surface area contributed by atoms with Crippen molar-refractivity contribution in [2.75, 3.05) is 6.61 Å². The summed E-state index contributed by atoms with van der Waals surface area (Å²) in [5, 5.41) is 2.85. The van der Waals surface area contributed by atoms with Gasteiger partial charge in [0.25, 0.3) is 0 Å². The van der Waals surface area contributed by atoms with Crippen molar-refractivity contribution in [3.63, 3.8) is 0 Å². The molecule has 1 rings (SSSR count). The molecule has 0 aliphatic heterocycles. The van der Waals surface area contributed by atoms with Crippen LogP contribution in [0.5, 0.6) is 0 Å². The van der Waals surface area contributed by atoms with Gasteiger partial charge in [0.1, 0.15) is 0 Å². The second-order valence-corrected chi connectivity index (χ2v) is 6.72. The number of hydrogen-bond acceptors (Lipinski definition) is 3. The number of carbonyl (C=O) groups is 2. The highest BCUT2D eigenvalue weighted by Crippen LogP contribution is 2.26. The molecular weight excluding hydrogens is 278 g/mol. The average Bonchev–Trinajstić information content (AvgIpc) is 2.35. The average molecular weight is 305 g/mol. The number of aryl methyl sites for hydroxylation is 3. The van der Waals surface area contributed by atoms with Crippen molar-refractivity contribution >= 4 is 11.9 Å². The Hall–Kier alpha value is -1.84. The summed E-state index contributed by atoms with van der Waals surface area (Å²) in [7, 11) is 0. The second kappa shape index (κ2) is 6.95. The predicted octanol–water partition coefficient (Wildman–Crippen LogP) is 3.38. The molecule has 1 N–H and O–H groups in total. The maximum Gasteiger partial charge on any atom is 0.333 e. The first kappa shape index (κ1) is 18.2. The lowest BCUT2D eigenvalue weighted by atomic mass is 9.91. The van der Waals surface area contributed by atoms with Crippen molar-refractivity contribution in [3.05, 3.63) is 34.4 Å². The van der Waals surface area contributed by atoms with E-state index in [1.54, 1.807) is 6.92 Å². The molecule has 1 unspecified atom stereocenters. The van der Waals surface area contributed by atoms with Crippen LogP contribution in [0.15, 0.2) is 12.1 Å². The molecule has 1 aromatic carbocycles. The molecule has 0 aromatic heterocycles. The van der Waals surface area contributed by atoms with E-state index in [-0.39, 0.29) is 12.5 Å². The van der Waals surface area contributed by atoms with Crippen LogP contribution in [0.25, 0.3) is 0 Å². The molecule has 0 aliphatic rings. The van der Waals surface area contributed by atoms with Gasteiger partial charge >= 0.3 is 5.97 Å². The lowest BCUT2D eigenvalue weighted by Crippen LogP contribution is -2.41. The van der Waals surface area contributed by atoms with Crippen LogP contribution in [0.4, 0.5) is 0 Å². The number of benzene rings is 1. The van der Waals surface area contributed by atoms with Crippen LogP contribution in [0.1, 0.15) is 56.0 Å². The van der Waals surface area contributed by atoms with Crippen molar-refractivity contribution < 1.29 is 14.3 Å². The van der Waals surface area contributed by atoms with Crippen LogP contribution < -0.4 is 5.32 Å². The molecule has 0 spiro atoms. The van der Waals surface area contributed by atoms with Gasteiger partial charge in [0.2, 0.25) is 5.91 Å². The third kappa shape index (κ3) is 4.33. The van der Waals surface area contributed by atoms with Gasteiger partial charge in [-0.2, -0.15) is 0 Å². The molecule has 0 saturated heterocycles. The van der Waals surface area contributed by atoms with Crippen LogP contribution in [0.2, 0.25) is 0 Å². The van der Waals surface area contributed by atoms with E-state index >= 15 is 0 Å². The van der Waals surface area contributed by atoms with E-state index in [1.807, 2.05) is 53.7 Å². The minimum Gasteiger partial charge on any atom is -0.464 e. The number of esters is 1. The molecular formula is C18H27NO3. The Balaban J connectivity index is 3.28. The van der Waals surface area contributed by atoms with Gasteiger partial charge in [-0.3, -0.25) is 4.79 Å². The molecule has 0 bridgehead atoms. The first-order chi connectivity index (χ1) is 10.1. The summed E-state index contributed by atoms with van der Waals surface area (Å²) in [6.45, 7) is 13.4. The van der Waals surface area contributed by atoms with E-state index in [4.69, 9.17) is 4.74 Å². The molecule has 122 valence electrons. The monoisotopic (exact) mass is 305 g/mol. The molecule has 0 heterocycles. The highest BCUT2D eigenvalue weighted by Gasteiger charge is 2.31. The highest BCUT2D eigenvalue weighted by atomic mass is 16.5. The fourth-order valence-electron chi connectivity index (χ4n) is 2.47. The number of hydrogen-bond donors (Lipinski definition) is 1. The lowest BCUT2D eigenvalue weighted by Gasteiger charge is -2.26. The van der Waals surface area contributed by atoms with Crippen LogP contribution in [0.3, 0.4) is 0 Å². The smallest absolute Gasteiger partial charge is 0.333 e. The normalized spacial score (nSPS) is 12.7. The molecule has 0 saturated carbocycles. The first-order valence-corrected chi connectivity index (χ1v) is 7.63. The number of nitrogens with one attached hydrogen (secondary N) is 1. The van der Waals surface area contributed by atoms with Crippen molar-refractivity contribution in [1.29, 1.82) is 0 Å². The zero-order valence-electron chi connectivity index (χ0n) is 14.7. The van der Waals surface area contributed by atoms with Gasteiger partial charge in [-0.05, 0) is 44.4 Å². The quantitative estimate of drug-likeness (QED) is 0.868. The molecule has 0 radical (unpaired) electrons. The van der Waals surface area contributed by atoms with Gasteiger partial charge in [0, 0.05) is 5.41 Å². The van der Waals surface area contributed by atoms with Crippen molar-refractivity contribution in [3.8, 4) is 0 Å². The van der Waals surface area contributed by atoms with Crippen LogP contribution in [-0.4, -0.2) is 18.5 Å². The Kier molecular flexibility index (Phi) is 5.75. The number of amides is 1. The number of carbonyl (C=O) groups excluding carboxylic acids is 2. The summed E-state index contributed by atoms with van der Waals surface area (Å²) >= 11 is 0. The molecule has 1 amide bonds. The number of ether oxygens (including phenoxy) is 1. The minimum atomic E-state index is -0.771. The van der Waals surface area contributed by atoms with Crippen molar-refractivity contribution in [2.24, 2.45) is 5.41 Å². The zero-order chi connectivity index (χ0) is 17.1. The van der Waals surface area contributed by atoms with Gasteiger partial charge < -0.3 is 10.1 Å². The fourth-order valence-corrected chi connectivity index (χ4v) is 2.47. The third-order valence-electron chi connectivity index (χ3n) is 3.51. The summed E-state index contributed by atoms with van der Waals surface area (Å²) in [5.74, 6) is -0.597. The topological polar surface area (TPSA) is 55.4 Å². The van der Waals surface area contributed by atoms with Crippen molar-refractivity contribution in [1.82, 2.24) is 5.32 Å². The maximum atomic E-state index is 12.4. The lowest BCUT2D eigenvalue weighted by molar-refractivity contribution is -0.148. The Morgan fingerprint density at radius 3 is 2.05 bits per heavy atom. The summed E-state index contributed by atoms with van der Waals surface area (Å²) in [4.78, 5) is 24.7. The molecule has 4 nitrogen and oxygen atoms in total. The first-order valence-electron chi connectivity index (χ1n) is 7.63. The Bertz CT molecular complexity index is 547. The Morgan fingerprint density at radius 2 is 1.64 bits per heavy atom. The van der Waals surface area contributed by atoms with Gasteiger partial charge in [0.05, 0.1) is 6.61 Å². The summed E-state index contributed by atoms with van der Waals surface area (Å²) in [6, 6.07) is 3.25. The summed E-state index contributed by atoms with van der Waals surface area (Å²) in [6.07, 6.45) is 0. The van der Waals surface area contributed by atoms with Gasteiger partial charge in [-0.15, -0.1) is 0 Å². The van der Waals surface area contributed by atoms with Gasteiger partial charge in [0.15, 0.2) is 6.04 Å². The zero-order valence-corrected chi connectivity index (χ0v) is 14.7. The predicted molar refractivity (Wildman–Crippen MR) is 87.6 cm³/mol. The molecule has 1 atom stereocenters. The van der Waals surface area contributed by atoms with Crippen LogP contribution in [0, 0.1) is 26.2 Å². The van der Waals surface area contributed by atoms with E-state index in [9.17, 15) is 9.59 Å². The molecule has 1 aromatic rings. The van der Waals surface area contributed by atoms with E-state index in [0.717, 1.165) is 22.3 Å². The third-order valence-corrected chi connectivity index (χ3v) is 3.51. The molecule has 0 fully saturated rings. The van der Waals surface area contributed by atoms with Crippen LogP contribution in [-0.2, 0) is 14.3 Å². The van der Waals surface area contributed by atoms with E-state index < -0.39 is 17.4 Å². The standard InChI is InChI=1S/C18H27NO3/c1-8-22-16(20)15(19-17(21)18(5,6)7)14-12(3)9-11(2)10-13(14)4/h9-10,15H,8H2,1-7H3,(H,19,21). The van der Waals surface area contributed by atoms with Crippen LogP contribution >= 0.6 is 0 Å². The Labute approximate surface area is 133 Å². The van der Waals surface area contributed by atoms with E-state index in [1.165, 1.54) is 0 Å². The minimum absolute atomic E-state index is 0.176. The second-order valence-electron chi connectivity index (χ2n) is 6.72. The maximum absolute atomic E-state index is 12.4. The molecule has 22 heavy (non-hydrogen) atoms. The molecule has 0 aliphatic carbocycles. The summed E-state index contributed by atoms with van der Waals surface area (Å²) in [5.41, 5.74) is 3.33. The SMILES string of the molecule is CCOC(=O)C(NC(=O)C(C)(C)C)c1c(C)cc(C)cc1C. The highest BCUT2D eigenvalue weighted by molar-refractivity contribution is 5.88. The fraction of sp³-hybridized carbons (Fsp3) is 0.556. The van der Waals surface area contributed by atoms with Gasteiger partial charge in [-0.1, -0.05) is 38.5 Å². The Morgan fingerprint density at radius 1 is 1.14 bits per heavy atom. The van der Waals surface area contributed by atoms with E-state index in [2.05, 4.69) is 5.32 Å². The van der Waals surface area contributed by atoms with Crippen molar-refractivity contribution in [2.45, 2.75) is 54.5 Å². The number of rotatable bonds is 4.